The number of nitrogens with two attached hydrogens (primary N) is 1. The number of aldehydes is 1. The fourth-order valence-corrected chi connectivity index (χ4v) is 3.14. The lowest BCUT2D eigenvalue weighted by atomic mass is 9.99. The van der Waals surface area contributed by atoms with Gasteiger partial charge >= 0.3 is 0 Å². The Labute approximate surface area is 169 Å². The molecule has 0 radical (unpaired) electrons. The van der Waals surface area contributed by atoms with E-state index in [0.717, 1.165) is 11.1 Å². The number of halogens is 2. The van der Waals surface area contributed by atoms with E-state index in [1.54, 1.807) is 19.3 Å². The number of rotatable bonds is 6. The first kappa shape index (κ1) is 20.8. The van der Waals surface area contributed by atoms with Crippen molar-refractivity contribution < 1.29 is 4.79 Å². The van der Waals surface area contributed by atoms with Gasteiger partial charge in [-0.15, -0.1) is 0 Å². The van der Waals surface area contributed by atoms with Gasteiger partial charge in [-0.3, -0.25) is 9.79 Å². The van der Waals surface area contributed by atoms with Gasteiger partial charge in [0.2, 0.25) is 0 Å². The molecule has 0 saturated carbocycles. The SMILES string of the molecule is C=C1C(N)=C(C=NC)C(c2ccc(Cl)cc2)N1C(/C=C(/Cl)C=O)=C/N(C)C. The molecule has 2 rings (SSSR count). The Morgan fingerprint density at radius 1 is 1.33 bits per heavy atom. The first-order valence-electron chi connectivity index (χ1n) is 8.16. The van der Waals surface area contributed by atoms with Crippen LogP contribution in [0.2, 0.25) is 5.02 Å². The molecular weight excluding hydrogens is 383 g/mol. The molecule has 0 saturated heterocycles. The molecule has 7 heteroatoms. The van der Waals surface area contributed by atoms with Crippen molar-refractivity contribution in [1.82, 2.24) is 9.80 Å². The highest BCUT2D eigenvalue weighted by atomic mass is 35.5. The lowest BCUT2D eigenvalue weighted by molar-refractivity contribution is -0.104. The Morgan fingerprint density at radius 3 is 2.48 bits per heavy atom. The van der Waals surface area contributed by atoms with Crippen LogP contribution in [0.3, 0.4) is 0 Å². The van der Waals surface area contributed by atoms with Crippen LogP contribution in [0, 0.1) is 0 Å². The van der Waals surface area contributed by atoms with E-state index in [9.17, 15) is 4.79 Å². The van der Waals surface area contributed by atoms with Crippen LogP contribution >= 0.6 is 23.2 Å². The fourth-order valence-electron chi connectivity index (χ4n) is 2.91. The summed E-state index contributed by atoms with van der Waals surface area (Å²) in [6.07, 6.45) is 5.74. The van der Waals surface area contributed by atoms with Gasteiger partial charge in [0.05, 0.1) is 28.2 Å². The molecule has 1 aliphatic heterocycles. The Hall–Kier alpha value is -2.50. The molecular formula is C20H22Cl2N4O. The minimum absolute atomic E-state index is 0.0712. The van der Waals surface area contributed by atoms with Gasteiger partial charge in [0.25, 0.3) is 0 Å². The summed E-state index contributed by atoms with van der Waals surface area (Å²) in [5.74, 6) is 0. The highest BCUT2D eigenvalue weighted by Crippen LogP contribution is 2.43. The summed E-state index contributed by atoms with van der Waals surface area (Å²) >= 11 is 12.1. The highest BCUT2D eigenvalue weighted by Gasteiger charge is 2.36. The average Bonchev–Trinajstić information content (AvgIpc) is 2.86. The van der Waals surface area contributed by atoms with Gasteiger partial charge in [-0.05, 0) is 23.8 Å². The number of hydrogen-bond acceptors (Lipinski definition) is 5. The number of aliphatic imine (C=N–C) groups is 1. The van der Waals surface area contributed by atoms with Crippen molar-refractivity contribution in [1.29, 1.82) is 0 Å². The van der Waals surface area contributed by atoms with Crippen LogP contribution in [0.5, 0.6) is 0 Å². The Balaban J connectivity index is 2.68. The first-order valence-corrected chi connectivity index (χ1v) is 8.92. The topological polar surface area (TPSA) is 61.9 Å². The maximum Gasteiger partial charge on any atom is 0.161 e. The van der Waals surface area contributed by atoms with Crippen LogP contribution in [0.15, 0.2) is 75.8 Å². The third kappa shape index (κ3) is 4.62. The van der Waals surface area contributed by atoms with Crippen molar-refractivity contribution in [3.63, 3.8) is 0 Å². The minimum atomic E-state index is -0.281. The number of benzene rings is 1. The fraction of sp³-hybridized carbons (Fsp3) is 0.200. The Morgan fingerprint density at radius 2 is 1.96 bits per heavy atom. The zero-order chi connectivity index (χ0) is 20.1. The lowest BCUT2D eigenvalue weighted by Crippen LogP contribution is -2.25. The van der Waals surface area contributed by atoms with E-state index in [0.29, 0.717) is 28.4 Å². The molecule has 27 heavy (non-hydrogen) atoms. The molecule has 0 aromatic heterocycles. The molecule has 0 amide bonds. The predicted molar refractivity (Wildman–Crippen MR) is 113 cm³/mol. The number of carbonyl (C=O) groups excluding carboxylic acids is 1. The number of carbonyl (C=O) groups is 1. The van der Waals surface area contributed by atoms with E-state index in [4.69, 9.17) is 28.9 Å². The maximum absolute atomic E-state index is 11.1. The van der Waals surface area contributed by atoms with Crippen molar-refractivity contribution >= 4 is 35.7 Å². The normalized spacial score (nSPS) is 18.6. The van der Waals surface area contributed by atoms with Crippen LogP contribution in [0.25, 0.3) is 0 Å². The van der Waals surface area contributed by atoms with Crippen LogP contribution in [-0.2, 0) is 4.79 Å². The van der Waals surface area contributed by atoms with E-state index in [2.05, 4.69) is 11.6 Å². The van der Waals surface area contributed by atoms with Gasteiger partial charge in [0.1, 0.15) is 0 Å². The maximum atomic E-state index is 11.1. The summed E-state index contributed by atoms with van der Waals surface area (Å²) < 4.78 is 0. The molecule has 1 aromatic carbocycles. The third-order valence-electron chi connectivity index (χ3n) is 3.99. The molecule has 1 aromatic rings. The first-order chi connectivity index (χ1) is 12.8. The largest absolute Gasteiger partial charge is 0.397 e. The minimum Gasteiger partial charge on any atom is -0.397 e. The molecule has 1 heterocycles. The Bertz CT molecular complexity index is 851. The quantitative estimate of drug-likeness (QED) is 0.338. The van der Waals surface area contributed by atoms with E-state index in [1.165, 1.54) is 0 Å². The van der Waals surface area contributed by atoms with Gasteiger partial charge in [-0.1, -0.05) is 41.9 Å². The molecule has 0 bridgehead atoms. The summed E-state index contributed by atoms with van der Waals surface area (Å²) in [6, 6.07) is 7.20. The lowest BCUT2D eigenvalue weighted by Gasteiger charge is -2.31. The van der Waals surface area contributed by atoms with Gasteiger partial charge in [0.15, 0.2) is 6.29 Å². The smallest absolute Gasteiger partial charge is 0.161 e. The highest BCUT2D eigenvalue weighted by molar-refractivity contribution is 6.38. The molecule has 1 aliphatic rings. The molecule has 0 fully saturated rings. The second-order valence-corrected chi connectivity index (χ2v) is 7.06. The number of allylic oxidation sites excluding steroid dienone is 2. The molecule has 2 N–H and O–H groups in total. The predicted octanol–water partition coefficient (Wildman–Crippen LogP) is 3.85. The van der Waals surface area contributed by atoms with Crippen LogP contribution in [-0.4, -0.2) is 43.4 Å². The van der Waals surface area contributed by atoms with Crippen molar-refractivity contribution in [3.05, 3.63) is 81.4 Å². The summed E-state index contributed by atoms with van der Waals surface area (Å²) in [6.45, 7) is 4.14. The molecule has 5 nitrogen and oxygen atoms in total. The molecule has 1 unspecified atom stereocenters. The van der Waals surface area contributed by atoms with Crippen LogP contribution in [0.1, 0.15) is 11.6 Å². The summed E-state index contributed by atoms with van der Waals surface area (Å²) in [7, 11) is 5.44. The standard InChI is InChI=1S/C20H22Cl2N4O/c1-13-19(23)18(10-24-2)20(14-5-7-15(21)8-6-14)26(13)17(11-25(3)4)9-16(22)12-27/h5-12,20H,1,23H2,2-4H3/b16-9+,17-11+,24-10?. The van der Waals surface area contributed by atoms with E-state index < -0.39 is 0 Å². The zero-order valence-electron chi connectivity index (χ0n) is 15.5. The third-order valence-corrected chi connectivity index (χ3v) is 4.44. The monoisotopic (exact) mass is 404 g/mol. The van der Waals surface area contributed by atoms with E-state index in [-0.39, 0.29) is 11.1 Å². The second kappa shape index (κ2) is 8.93. The Kier molecular flexibility index (Phi) is 6.88. The summed E-state index contributed by atoms with van der Waals surface area (Å²) in [5.41, 5.74) is 9.91. The number of hydrogen-bond donors (Lipinski definition) is 1. The van der Waals surface area contributed by atoms with Crippen molar-refractivity contribution in [2.45, 2.75) is 6.04 Å². The molecule has 0 aliphatic carbocycles. The van der Waals surface area contributed by atoms with Crippen LogP contribution in [0.4, 0.5) is 0 Å². The van der Waals surface area contributed by atoms with Crippen LogP contribution < -0.4 is 5.73 Å². The van der Waals surface area contributed by atoms with Gasteiger partial charge in [-0.25, -0.2) is 0 Å². The van der Waals surface area contributed by atoms with Crippen molar-refractivity contribution in [2.75, 3.05) is 21.1 Å². The zero-order valence-corrected chi connectivity index (χ0v) is 17.0. The van der Waals surface area contributed by atoms with Gasteiger partial charge < -0.3 is 15.5 Å². The molecule has 142 valence electrons. The summed E-state index contributed by atoms with van der Waals surface area (Å²) in [4.78, 5) is 19.0. The summed E-state index contributed by atoms with van der Waals surface area (Å²) in [5, 5.41) is 0.708. The molecule has 1 atom stereocenters. The average molecular weight is 405 g/mol. The van der Waals surface area contributed by atoms with Crippen molar-refractivity contribution in [3.8, 4) is 0 Å². The van der Waals surface area contributed by atoms with E-state index in [1.807, 2.05) is 54.4 Å². The van der Waals surface area contributed by atoms with Gasteiger partial charge in [-0.2, -0.15) is 0 Å². The van der Waals surface area contributed by atoms with Crippen molar-refractivity contribution in [2.24, 2.45) is 10.7 Å². The molecule has 0 spiro atoms. The number of nitrogens with zero attached hydrogens (tertiary/aromatic N) is 3. The van der Waals surface area contributed by atoms with E-state index >= 15 is 0 Å². The second-order valence-electron chi connectivity index (χ2n) is 6.19. The van der Waals surface area contributed by atoms with Gasteiger partial charge in [0, 0.05) is 44.2 Å².